The highest BCUT2D eigenvalue weighted by Gasteiger charge is 2.13. The van der Waals surface area contributed by atoms with Crippen LogP contribution in [0, 0.1) is 5.92 Å². The fourth-order valence-corrected chi connectivity index (χ4v) is 2.16. The Labute approximate surface area is 136 Å². The number of nitrogens with two attached hydrogens (primary N) is 1. The molecule has 0 saturated heterocycles. The lowest BCUT2D eigenvalue weighted by molar-refractivity contribution is -0.129. The Morgan fingerprint density at radius 1 is 1.30 bits per heavy atom. The average Bonchev–Trinajstić information content (AvgIpc) is 3.07. The van der Waals surface area contributed by atoms with Gasteiger partial charge in [0.05, 0.1) is 12.1 Å². The first-order valence-corrected chi connectivity index (χ1v) is 7.79. The second-order valence-electron chi connectivity index (χ2n) is 6.11. The lowest BCUT2D eigenvalue weighted by Crippen LogP contribution is -2.35. The van der Waals surface area contributed by atoms with E-state index in [0.717, 1.165) is 17.7 Å². The predicted octanol–water partition coefficient (Wildman–Crippen LogP) is 1.04. The van der Waals surface area contributed by atoms with Crippen molar-refractivity contribution >= 4 is 5.91 Å². The predicted molar refractivity (Wildman–Crippen MR) is 87.9 cm³/mol. The molecule has 1 atom stereocenters. The number of carbonyl (C=O) groups excluding carboxylic acids is 1. The zero-order valence-corrected chi connectivity index (χ0v) is 13.9. The van der Waals surface area contributed by atoms with E-state index in [1.165, 1.54) is 6.33 Å². The number of carbonyl (C=O) groups is 1. The van der Waals surface area contributed by atoms with E-state index in [0.29, 0.717) is 18.9 Å². The molecule has 0 radical (unpaired) electrons. The standard InChI is InChI=1S/C16H24N6O/c1-12(2)15(17)8-9-21(3)16(23)10-13-4-6-14(7-5-13)22-11-18-19-20-22/h4-7,11-12,15H,8-10,17H2,1-3H3. The number of aromatic nitrogens is 4. The van der Waals surface area contributed by atoms with Gasteiger partial charge in [-0.25, -0.2) is 4.68 Å². The Bertz CT molecular complexity index is 608. The van der Waals surface area contributed by atoms with E-state index in [-0.39, 0.29) is 11.9 Å². The van der Waals surface area contributed by atoms with Crippen LogP contribution in [0.4, 0.5) is 0 Å². The molecule has 2 aromatic rings. The SMILES string of the molecule is CC(C)C(N)CCN(C)C(=O)Cc1ccc(-n2cnnn2)cc1. The number of amides is 1. The summed E-state index contributed by atoms with van der Waals surface area (Å²) in [5.41, 5.74) is 7.85. The summed E-state index contributed by atoms with van der Waals surface area (Å²) < 4.78 is 1.57. The molecule has 0 bridgehead atoms. The maximum absolute atomic E-state index is 12.3. The van der Waals surface area contributed by atoms with Crippen LogP contribution in [0.3, 0.4) is 0 Å². The third kappa shape index (κ3) is 4.85. The molecule has 1 heterocycles. The van der Waals surface area contributed by atoms with Crippen LogP contribution in [0.2, 0.25) is 0 Å². The van der Waals surface area contributed by atoms with Crippen molar-refractivity contribution in [1.29, 1.82) is 0 Å². The second-order valence-corrected chi connectivity index (χ2v) is 6.11. The minimum Gasteiger partial charge on any atom is -0.345 e. The Morgan fingerprint density at radius 3 is 2.57 bits per heavy atom. The maximum atomic E-state index is 12.3. The first-order chi connectivity index (χ1) is 11.0. The summed E-state index contributed by atoms with van der Waals surface area (Å²) in [6, 6.07) is 7.76. The van der Waals surface area contributed by atoms with Gasteiger partial charge in [0.25, 0.3) is 0 Å². The van der Waals surface area contributed by atoms with Crippen LogP contribution in [0.15, 0.2) is 30.6 Å². The summed E-state index contributed by atoms with van der Waals surface area (Å²) in [6.07, 6.45) is 2.73. The third-order valence-electron chi connectivity index (χ3n) is 3.99. The molecular weight excluding hydrogens is 292 g/mol. The topological polar surface area (TPSA) is 89.9 Å². The molecule has 0 aliphatic rings. The highest BCUT2D eigenvalue weighted by atomic mass is 16.2. The van der Waals surface area contributed by atoms with Crippen LogP contribution < -0.4 is 5.73 Å². The van der Waals surface area contributed by atoms with Crippen LogP contribution in [0.1, 0.15) is 25.8 Å². The van der Waals surface area contributed by atoms with Crippen molar-refractivity contribution in [3.63, 3.8) is 0 Å². The molecule has 1 amide bonds. The lowest BCUT2D eigenvalue weighted by atomic mass is 10.0. The van der Waals surface area contributed by atoms with Crippen molar-refractivity contribution in [2.24, 2.45) is 11.7 Å². The van der Waals surface area contributed by atoms with Crippen LogP contribution in [0.25, 0.3) is 5.69 Å². The molecule has 23 heavy (non-hydrogen) atoms. The monoisotopic (exact) mass is 316 g/mol. The quantitative estimate of drug-likeness (QED) is 0.824. The summed E-state index contributed by atoms with van der Waals surface area (Å²) in [5.74, 6) is 0.522. The van der Waals surface area contributed by atoms with E-state index in [4.69, 9.17) is 5.73 Å². The Hall–Kier alpha value is -2.28. The molecule has 0 fully saturated rings. The molecule has 1 aromatic heterocycles. The molecule has 124 valence electrons. The Kier molecular flexibility index (Phi) is 5.81. The highest BCUT2D eigenvalue weighted by Crippen LogP contribution is 2.10. The van der Waals surface area contributed by atoms with Crippen LogP contribution in [0.5, 0.6) is 0 Å². The second kappa shape index (κ2) is 7.82. The van der Waals surface area contributed by atoms with Gasteiger partial charge < -0.3 is 10.6 Å². The number of rotatable bonds is 7. The van der Waals surface area contributed by atoms with Gasteiger partial charge >= 0.3 is 0 Å². The van der Waals surface area contributed by atoms with Crippen molar-refractivity contribution < 1.29 is 4.79 Å². The van der Waals surface area contributed by atoms with Crippen molar-refractivity contribution in [3.8, 4) is 5.69 Å². The molecule has 0 aliphatic carbocycles. The smallest absolute Gasteiger partial charge is 0.226 e. The lowest BCUT2D eigenvalue weighted by Gasteiger charge is -2.21. The van der Waals surface area contributed by atoms with Gasteiger partial charge in [0, 0.05) is 19.6 Å². The zero-order valence-electron chi connectivity index (χ0n) is 13.9. The van der Waals surface area contributed by atoms with Crippen LogP contribution in [-0.4, -0.2) is 50.6 Å². The molecule has 0 saturated carbocycles. The summed E-state index contributed by atoms with van der Waals surface area (Å²) in [4.78, 5) is 14.0. The number of hydrogen-bond donors (Lipinski definition) is 1. The Balaban J connectivity index is 1.87. The first-order valence-electron chi connectivity index (χ1n) is 7.79. The van der Waals surface area contributed by atoms with Gasteiger partial charge in [0.15, 0.2) is 0 Å². The molecule has 2 N–H and O–H groups in total. The van der Waals surface area contributed by atoms with Crippen LogP contribution in [-0.2, 0) is 11.2 Å². The molecule has 7 heteroatoms. The van der Waals surface area contributed by atoms with Gasteiger partial charge in [0.1, 0.15) is 6.33 Å². The van der Waals surface area contributed by atoms with Gasteiger partial charge in [-0.3, -0.25) is 4.79 Å². The van der Waals surface area contributed by atoms with Gasteiger partial charge in [-0.15, -0.1) is 5.10 Å². The van der Waals surface area contributed by atoms with Gasteiger partial charge in [-0.2, -0.15) is 0 Å². The van der Waals surface area contributed by atoms with E-state index in [1.54, 1.807) is 9.58 Å². The van der Waals surface area contributed by atoms with Crippen LogP contribution >= 0.6 is 0 Å². The van der Waals surface area contributed by atoms with E-state index in [9.17, 15) is 4.79 Å². The van der Waals surface area contributed by atoms with Crippen molar-refractivity contribution in [1.82, 2.24) is 25.1 Å². The summed E-state index contributed by atoms with van der Waals surface area (Å²) in [6.45, 7) is 4.87. The number of likely N-dealkylation sites (N-methyl/N-ethyl adjacent to an activating group) is 1. The molecular formula is C16H24N6O. The summed E-state index contributed by atoms with van der Waals surface area (Å²) in [7, 11) is 1.82. The Morgan fingerprint density at radius 2 is 2.00 bits per heavy atom. The minimum atomic E-state index is 0.0936. The average molecular weight is 316 g/mol. The fraction of sp³-hybridized carbons (Fsp3) is 0.500. The number of tetrazole rings is 1. The molecule has 1 aromatic carbocycles. The summed E-state index contributed by atoms with van der Waals surface area (Å²) >= 11 is 0. The largest absolute Gasteiger partial charge is 0.345 e. The van der Waals surface area contributed by atoms with Crippen molar-refractivity contribution in [2.75, 3.05) is 13.6 Å². The number of hydrogen-bond acceptors (Lipinski definition) is 5. The summed E-state index contributed by atoms with van der Waals surface area (Å²) in [5, 5.41) is 11.0. The highest BCUT2D eigenvalue weighted by molar-refractivity contribution is 5.78. The normalized spacial score (nSPS) is 12.4. The van der Waals surface area contributed by atoms with E-state index in [1.807, 2.05) is 31.3 Å². The third-order valence-corrected chi connectivity index (χ3v) is 3.99. The molecule has 7 nitrogen and oxygen atoms in total. The van der Waals surface area contributed by atoms with Gasteiger partial charge in [-0.05, 0) is 40.5 Å². The van der Waals surface area contributed by atoms with E-state index >= 15 is 0 Å². The maximum Gasteiger partial charge on any atom is 0.226 e. The number of nitrogens with zero attached hydrogens (tertiary/aromatic N) is 5. The van der Waals surface area contributed by atoms with E-state index in [2.05, 4.69) is 29.4 Å². The number of benzene rings is 1. The van der Waals surface area contributed by atoms with E-state index < -0.39 is 0 Å². The molecule has 0 spiro atoms. The van der Waals surface area contributed by atoms with Gasteiger partial charge in [-0.1, -0.05) is 26.0 Å². The molecule has 0 aliphatic heterocycles. The first kappa shape index (κ1) is 17.1. The zero-order chi connectivity index (χ0) is 16.8. The van der Waals surface area contributed by atoms with Gasteiger partial charge in [0.2, 0.25) is 5.91 Å². The fourth-order valence-electron chi connectivity index (χ4n) is 2.16. The minimum absolute atomic E-state index is 0.0936. The molecule has 1 unspecified atom stereocenters. The van der Waals surface area contributed by atoms with Crippen molar-refractivity contribution in [3.05, 3.63) is 36.2 Å². The van der Waals surface area contributed by atoms with Crippen molar-refractivity contribution in [2.45, 2.75) is 32.7 Å². The molecule has 2 rings (SSSR count).